The van der Waals surface area contributed by atoms with Gasteiger partial charge in [0.05, 0.1) is 18.3 Å². The van der Waals surface area contributed by atoms with Crippen LogP contribution in [0.1, 0.15) is 29.8 Å². The van der Waals surface area contributed by atoms with Gasteiger partial charge in [-0.05, 0) is 24.1 Å². The van der Waals surface area contributed by atoms with E-state index in [1.54, 1.807) is 0 Å². The van der Waals surface area contributed by atoms with E-state index >= 15 is 0 Å². The van der Waals surface area contributed by atoms with Gasteiger partial charge in [-0.25, -0.2) is 0 Å². The fraction of sp³-hybridized carbons (Fsp3) is 0.588. The lowest BCUT2D eigenvalue weighted by Gasteiger charge is -2.33. The third-order valence-electron chi connectivity index (χ3n) is 3.79. The van der Waals surface area contributed by atoms with Crippen LogP contribution in [0.15, 0.2) is 24.3 Å². The second-order valence-electron chi connectivity index (χ2n) is 6.43. The van der Waals surface area contributed by atoms with Crippen LogP contribution in [0.3, 0.4) is 0 Å². The van der Waals surface area contributed by atoms with Gasteiger partial charge in [0.2, 0.25) is 0 Å². The van der Waals surface area contributed by atoms with Gasteiger partial charge in [-0.15, -0.1) is 0 Å². The van der Waals surface area contributed by atoms with Crippen LogP contribution in [-0.4, -0.2) is 49.7 Å². The Hall–Kier alpha value is -1.60. The number of nitrogens with one attached hydrogen (secondary N) is 1. The normalized spacial score (nSPS) is 19.5. The van der Waals surface area contributed by atoms with Gasteiger partial charge in [-0.2, -0.15) is 13.2 Å². The van der Waals surface area contributed by atoms with Crippen molar-refractivity contribution in [3.8, 4) is 0 Å². The predicted octanol–water partition coefficient (Wildman–Crippen LogP) is 2.79. The summed E-state index contributed by atoms with van der Waals surface area (Å²) in [5.74, 6) is 0.0223. The summed E-state index contributed by atoms with van der Waals surface area (Å²) < 4.78 is 43.7. The molecule has 1 aromatic rings. The molecular weight excluding hydrogens is 321 g/mol. The largest absolute Gasteiger partial charge is 0.416 e. The second kappa shape index (κ2) is 7.98. The molecule has 4 nitrogen and oxygen atoms in total. The van der Waals surface area contributed by atoms with Crippen molar-refractivity contribution in [1.82, 2.24) is 10.2 Å². The van der Waals surface area contributed by atoms with Gasteiger partial charge in [-0.1, -0.05) is 19.9 Å². The molecule has 0 aromatic heterocycles. The first-order chi connectivity index (χ1) is 11.3. The van der Waals surface area contributed by atoms with Crippen molar-refractivity contribution in [2.75, 3.05) is 32.8 Å². The highest BCUT2D eigenvalue weighted by molar-refractivity contribution is 5.94. The number of alkyl halides is 3. The quantitative estimate of drug-likeness (QED) is 0.893. The van der Waals surface area contributed by atoms with Crippen molar-refractivity contribution in [3.05, 3.63) is 35.4 Å². The van der Waals surface area contributed by atoms with Crippen LogP contribution >= 0.6 is 0 Å². The molecule has 7 heteroatoms. The molecule has 0 aliphatic carbocycles. The summed E-state index contributed by atoms with van der Waals surface area (Å²) in [6.45, 7) is 7.68. The molecule has 1 heterocycles. The highest BCUT2D eigenvalue weighted by atomic mass is 19.4. The molecule has 0 spiro atoms. The molecular formula is C17H23F3N2O2. The van der Waals surface area contributed by atoms with E-state index in [-0.39, 0.29) is 18.2 Å². The molecule has 0 saturated carbocycles. The first-order valence-electron chi connectivity index (χ1n) is 8.05. The van der Waals surface area contributed by atoms with Crippen LogP contribution in [-0.2, 0) is 10.9 Å². The minimum Gasteiger partial charge on any atom is -0.374 e. The Bertz CT molecular complexity index is 561. The summed E-state index contributed by atoms with van der Waals surface area (Å²) in [4.78, 5) is 14.4. The van der Waals surface area contributed by atoms with Crippen molar-refractivity contribution in [3.63, 3.8) is 0 Å². The van der Waals surface area contributed by atoms with Crippen LogP contribution < -0.4 is 5.32 Å². The van der Waals surface area contributed by atoms with Crippen molar-refractivity contribution in [2.24, 2.45) is 5.92 Å². The van der Waals surface area contributed by atoms with Gasteiger partial charge in [0.1, 0.15) is 0 Å². The van der Waals surface area contributed by atoms with Crippen molar-refractivity contribution in [2.45, 2.75) is 26.1 Å². The fourth-order valence-electron chi connectivity index (χ4n) is 2.73. The Morgan fingerprint density at radius 2 is 2.17 bits per heavy atom. The molecule has 134 valence electrons. The summed E-state index contributed by atoms with van der Waals surface area (Å²) >= 11 is 0. The average Bonchev–Trinajstić information content (AvgIpc) is 2.51. The fourth-order valence-corrected chi connectivity index (χ4v) is 2.73. The molecule has 0 radical (unpaired) electrons. The average molecular weight is 344 g/mol. The van der Waals surface area contributed by atoms with E-state index in [2.05, 4.69) is 24.1 Å². The number of nitrogens with zero attached hydrogens (tertiary/aromatic N) is 1. The Labute approximate surface area is 140 Å². The second-order valence-corrected chi connectivity index (χ2v) is 6.43. The van der Waals surface area contributed by atoms with Gasteiger partial charge >= 0.3 is 6.18 Å². The zero-order chi connectivity index (χ0) is 17.7. The van der Waals surface area contributed by atoms with E-state index in [1.165, 1.54) is 12.1 Å². The molecule has 1 fully saturated rings. The molecule has 1 aliphatic rings. The molecule has 24 heavy (non-hydrogen) atoms. The maximum absolute atomic E-state index is 12.7. The summed E-state index contributed by atoms with van der Waals surface area (Å²) in [7, 11) is 0. The molecule has 1 saturated heterocycles. The number of morpholine rings is 1. The number of rotatable bonds is 5. The predicted molar refractivity (Wildman–Crippen MR) is 84.8 cm³/mol. The zero-order valence-corrected chi connectivity index (χ0v) is 13.9. The van der Waals surface area contributed by atoms with E-state index in [0.717, 1.165) is 25.2 Å². The van der Waals surface area contributed by atoms with E-state index in [4.69, 9.17) is 4.74 Å². The third kappa shape index (κ3) is 5.49. The van der Waals surface area contributed by atoms with Crippen LogP contribution in [0, 0.1) is 5.92 Å². The number of hydrogen-bond donors (Lipinski definition) is 1. The molecule has 1 aliphatic heterocycles. The van der Waals surface area contributed by atoms with Gasteiger partial charge in [0, 0.05) is 31.7 Å². The standard InChI is InChI=1S/C17H23F3N2O2/c1-12(2)10-22-6-7-24-15(11-22)9-21-16(23)13-4-3-5-14(8-13)17(18,19)20/h3-5,8,12,15H,6-7,9-11H2,1-2H3,(H,21,23). The lowest BCUT2D eigenvalue weighted by molar-refractivity contribution is -0.137. The van der Waals surface area contributed by atoms with Gasteiger partial charge in [-0.3, -0.25) is 9.69 Å². The maximum atomic E-state index is 12.7. The lowest BCUT2D eigenvalue weighted by atomic mass is 10.1. The monoisotopic (exact) mass is 344 g/mol. The summed E-state index contributed by atoms with van der Waals surface area (Å²) in [5.41, 5.74) is -0.827. The third-order valence-corrected chi connectivity index (χ3v) is 3.79. The minimum absolute atomic E-state index is 0.000305. The molecule has 1 unspecified atom stereocenters. The summed E-state index contributed by atoms with van der Waals surface area (Å²) in [6.07, 6.45) is -4.60. The maximum Gasteiger partial charge on any atom is 0.416 e. The van der Waals surface area contributed by atoms with Crippen LogP contribution in [0.2, 0.25) is 0 Å². The van der Waals surface area contributed by atoms with Gasteiger partial charge in [0.25, 0.3) is 5.91 Å². The number of carbonyl (C=O) groups excluding carboxylic acids is 1. The molecule has 1 N–H and O–H groups in total. The van der Waals surface area contributed by atoms with E-state index in [9.17, 15) is 18.0 Å². The topological polar surface area (TPSA) is 41.6 Å². The molecule has 1 amide bonds. The first kappa shape index (κ1) is 18.7. The SMILES string of the molecule is CC(C)CN1CCOC(CNC(=O)c2cccc(C(F)(F)F)c2)C1. The van der Waals surface area contributed by atoms with Crippen molar-refractivity contribution in [1.29, 1.82) is 0 Å². The minimum atomic E-state index is -4.46. The number of benzene rings is 1. The van der Waals surface area contributed by atoms with Crippen molar-refractivity contribution >= 4 is 5.91 Å². The molecule has 2 rings (SSSR count). The smallest absolute Gasteiger partial charge is 0.374 e. The Morgan fingerprint density at radius 1 is 1.42 bits per heavy atom. The highest BCUT2D eigenvalue weighted by Crippen LogP contribution is 2.29. The lowest BCUT2D eigenvalue weighted by Crippen LogP contribution is -2.48. The number of ether oxygens (including phenoxy) is 1. The summed E-state index contributed by atoms with van der Waals surface area (Å²) in [5, 5.41) is 2.66. The van der Waals surface area contributed by atoms with Crippen LogP contribution in [0.5, 0.6) is 0 Å². The Balaban J connectivity index is 1.89. The number of hydrogen-bond acceptors (Lipinski definition) is 3. The molecule has 0 bridgehead atoms. The number of halogens is 3. The van der Waals surface area contributed by atoms with E-state index in [1.807, 2.05) is 0 Å². The first-order valence-corrected chi connectivity index (χ1v) is 8.05. The van der Waals surface area contributed by atoms with Gasteiger partial charge in [0.15, 0.2) is 0 Å². The van der Waals surface area contributed by atoms with Crippen LogP contribution in [0.25, 0.3) is 0 Å². The van der Waals surface area contributed by atoms with E-state index < -0.39 is 17.6 Å². The van der Waals surface area contributed by atoms with Gasteiger partial charge < -0.3 is 10.1 Å². The Morgan fingerprint density at radius 3 is 2.83 bits per heavy atom. The van der Waals surface area contributed by atoms with E-state index in [0.29, 0.717) is 19.1 Å². The number of carbonyl (C=O) groups is 1. The Kier molecular flexibility index (Phi) is 6.23. The zero-order valence-electron chi connectivity index (χ0n) is 13.9. The molecule has 1 aromatic carbocycles. The van der Waals surface area contributed by atoms with Crippen molar-refractivity contribution < 1.29 is 22.7 Å². The highest BCUT2D eigenvalue weighted by Gasteiger charge is 2.31. The summed E-state index contributed by atoms with van der Waals surface area (Å²) in [6, 6.07) is 4.42. The molecule has 1 atom stereocenters. The van der Waals surface area contributed by atoms with Crippen LogP contribution in [0.4, 0.5) is 13.2 Å². The number of amides is 1.